The molecule has 0 bridgehead atoms. The number of hydrogen-bond acceptors (Lipinski definition) is 2. The van der Waals surface area contributed by atoms with Gasteiger partial charge in [-0.1, -0.05) is 18.2 Å². The molecular weight excluding hydrogens is 406 g/mol. The van der Waals surface area contributed by atoms with Crippen LogP contribution in [-0.4, -0.2) is 9.97 Å². The first-order chi connectivity index (χ1) is 14.3. The van der Waals surface area contributed by atoms with Crippen molar-refractivity contribution in [2.75, 3.05) is 0 Å². The molecule has 0 radical (unpaired) electrons. The molecule has 154 valence electrons. The average molecular weight is 420 g/mol. The number of hydrogen-bond donors (Lipinski definition) is 0. The fourth-order valence-corrected chi connectivity index (χ4v) is 2.68. The molecule has 0 aliphatic carbocycles. The first-order valence-electron chi connectivity index (χ1n) is 8.74. The van der Waals surface area contributed by atoms with Gasteiger partial charge in [0.05, 0.1) is 0 Å². The summed E-state index contributed by atoms with van der Waals surface area (Å²) < 4.78 is 82.1. The van der Waals surface area contributed by atoms with E-state index < -0.39 is 34.9 Å². The maximum Gasteiger partial charge on any atom is 0.194 e. The van der Waals surface area contributed by atoms with Crippen LogP contribution in [0.4, 0.5) is 26.3 Å². The molecule has 0 unspecified atom stereocenters. The quantitative estimate of drug-likeness (QED) is 0.245. The van der Waals surface area contributed by atoms with E-state index in [2.05, 4.69) is 16.5 Å². The number of rotatable bonds is 6. The zero-order valence-electron chi connectivity index (χ0n) is 15.4. The SMILES string of the molecule is C=CCCC(F)=C(F)c1ccc(-c2cnc(-c3cc(F)c(F)c(F)c3)nc2)c(F)c1. The van der Waals surface area contributed by atoms with Crippen LogP contribution in [0.15, 0.2) is 61.2 Å². The minimum Gasteiger partial charge on any atom is -0.236 e. The van der Waals surface area contributed by atoms with Crippen molar-refractivity contribution < 1.29 is 26.3 Å². The second-order valence-electron chi connectivity index (χ2n) is 6.29. The highest BCUT2D eigenvalue weighted by molar-refractivity contribution is 5.69. The molecule has 0 aliphatic rings. The molecule has 0 spiro atoms. The molecule has 2 aromatic carbocycles. The third-order valence-corrected chi connectivity index (χ3v) is 4.23. The summed E-state index contributed by atoms with van der Waals surface area (Å²) in [6, 6.07) is 4.76. The van der Waals surface area contributed by atoms with E-state index in [-0.39, 0.29) is 40.9 Å². The van der Waals surface area contributed by atoms with Crippen LogP contribution in [0.25, 0.3) is 28.3 Å². The van der Waals surface area contributed by atoms with E-state index in [0.717, 1.165) is 18.2 Å². The maximum atomic E-state index is 14.5. The topological polar surface area (TPSA) is 25.8 Å². The van der Waals surface area contributed by atoms with Gasteiger partial charge in [-0.25, -0.2) is 36.3 Å². The van der Waals surface area contributed by atoms with Crippen molar-refractivity contribution in [3.05, 3.63) is 90.0 Å². The van der Waals surface area contributed by atoms with Gasteiger partial charge in [0.1, 0.15) is 11.6 Å². The Morgan fingerprint density at radius 3 is 2.07 bits per heavy atom. The molecule has 2 nitrogen and oxygen atoms in total. The molecule has 1 aromatic heterocycles. The monoisotopic (exact) mass is 420 g/mol. The lowest BCUT2D eigenvalue weighted by molar-refractivity contribution is 0.447. The number of allylic oxidation sites excluding steroid dienone is 2. The van der Waals surface area contributed by atoms with E-state index in [1.165, 1.54) is 30.6 Å². The first kappa shape index (κ1) is 21.3. The molecule has 3 aromatic rings. The van der Waals surface area contributed by atoms with Crippen LogP contribution in [0.5, 0.6) is 0 Å². The standard InChI is InChI=1S/C22H14F6N2/c1-2-3-4-16(23)20(27)12-5-6-15(17(24)7-12)14-10-29-22(30-11-14)13-8-18(25)21(28)19(26)9-13/h2,5-11H,1,3-4H2. The number of nitrogens with zero attached hydrogens (tertiary/aromatic N) is 2. The van der Waals surface area contributed by atoms with Crippen molar-refractivity contribution in [1.29, 1.82) is 0 Å². The highest BCUT2D eigenvalue weighted by Gasteiger charge is 2.15. The Labute approximate surface area is 168 Å². The largest absolute Gasteiger partial charge is 0.236 e. The van der Waals surface area contributed by atoms with Crippen molar-refractivity contribution in [2.45, 2.75) is 12.8 Å². The lowest BCUT2D eigenvalue weighted by Gasteiger charge is -2.07. The molecule has 0 N–H and O–H groups in total. The van der Waals surface area contributed by atoms with E-state index in [1.54, 1.807) is 0 Å². The molecule has 0 aliphatic heterocycles. The minimum atomic E-state index is -1.61. The smallest absolute Gasteiger partial charge is 0.194 e. The van der Waals surface area contributed by atoms with Crippen molar-refractivity contribution in [3.8, 4) is 22.5 Å². The Bertz CT molecular complexity index is 1100. The predicted molar refractivity (Wildman–Crippen MR) is 101 cm³/mol. The van der Waals surface area contributed by atoms with Gasteiger partial charge in [-0.3, -0.25) is 0 Å². The number of aromatic nitrogens is 2. The van der Waals surface area contributed by atoms with Crippen LogP contribution in [0, 0.1) is 23.3 Å². The van der Waals surface area contributed by atoms with E-state index in [0.29, 0.717) is 0 Å². The van der Waals surface area contributed by atoms with E-state index in [4.69, 9.17) is 0 Å². The van der Waals surface area contributed by atoms with Crippen molar-refractivity contribution in [1.82, 2.24) is 9.97 Å². The minimum absolute atomic E-state index is 0.0149. The molecule has 8 heteroatoms. The summed E-state index contributed by atoms with van der Waals surface area (Å²) in [5, 5.41) is 0. The van der Waals surface area contributed by atoms with E-state index in [1.807, 2.05) is 0 Å². The Kier molecular flexibility index (Phi) is 6.34. The number of benzene rings is 2. The van der Waals surface area contributed by atoms with Crippen LogP contribution in [-0.2, 0) is 0 Å². The van der Waals surface area contributed by atoms with Gasteiger partial charge in [0.15, 0.2) is 29.1 Å². The highest BCUT2D eigenvalue weighted by atomic mass is 19.2. The Morgan fingerprint density at radius 1 is 0.867 bits per heavy atom. The molecule has 0 saturated heterocycles. The fraction of sp³-hybridized carbons (Fsp3) is 0.0909. The Hall–Kier alpha value is -3.42. The molecule has 0 amide bonds. The van der Waals surface area contributed by atoms with Crippen molar-refractivity contribution in [3.63, 3.8) is 0 Å². The van der Waals surface area contributed by atoms with Gasteiger partial charge in [0.25, 0.3) is 0 Å². The molecule has 0 atom stereocenters. The van der Waals surface area contributed by atoms with Crippen LogP contribution in [0.2, 0.25) is 0 Å². The Morgan fingerprint density at radius 2 is 1.50 bits per heavy atom. The normalized spacial score (nSPS) is 11.9. The van der Waals surface area contributed by atoms with Crippen LogP contribution < -0.4 is 0 Å². The lowest BCUT2D eigenvalue weighted by Crippen LogP contribution is -1.96. The maximum absolute atomic E-state index is 14.5. The summed E-state index contributed by atoms with van der Waals surface area (Å²) in [6.45, 7) is 3.42. The summed E-state index contributed by atoms with van der Waals surface area (Å²) in [5.41, 5.74) is -0.146. The van der Waals surface area contributed by atoms with Gasteiger partial charge in [-0.05, 0) is 24.6 Å². The lowest BCUT2D eigenvalue weighted by atomic mass is 10.0. The molecule has 1 heterocycles. The van der Waals surface area contributed by atoms with Gasteiger partial charge in [0, 0.05) is 41.1 Å². The summed E-state index contributed by atoms with van der Waals surface area (Å²) in [4.78, 5) is 7.82. The zero-order chi connectivity index (χ0) is 21.8. The molecule has 3 rings (SSSR count). The van der Waals surface area contributed by atoms with Gasteiger partial charge < -0.3 is 0 Å². The Balaban J connectivity index is 1.89. The predicted octanol–water partition coefficient (Wildman–Crippen LogP) is 6.94. The summed E-state index contributed by atoms with van der Waals surface area (Å²) >= 11 is 0. The molecule has 30 heavy (non-hydrogen) atoms. The third kappa shape index (κ3) is 4.42. The molecular formula is C22H14F6N2. The van der Waals surface area contributed by atoms with Crippen molar-refractivity contribution in [2.24, 2.45) is 0 Å². The van der Waals surface area contributed by atoms with Gasteiger partial charge in [-0.2, -0.15) is 0 Å². The van der Waals surface area contributed by atoms with Gasteiger partial charge in [0.2, 0.25) is 0 Å². The average Bonchev–Trinajstić information content (AvgIpc) is 2.75. The first-order valence-corrected chi connectivity index (χ1v) is 8.74. The molecule has 0 fully saturated rings. The number of halogens is 6. The third-order valence-electron chi connectivity index (χ3n) is 4.23. The van der Waals surface area contributed by atoms with Crippen LogP contribution in [0.1, 0.15) is 18.4 Å². The van der Waals surface area contributed by atoms with E-state index in [9.17, 15) is 26.3 Å². The van der Waals surface area contributed by atoms with Gasteiger partial charge in [-0.15, -0.1) is 6.58 Å². The highest BCUT2D eigenvalue weighted by Crippen LogP contribution is 2.30. The van der Waals surface area contributed by atoms with Crippen molar-refractivity contribution >= 4 is 5.83 Å². The van der Waals surface area contributed by atoms with Crippen LogP contribution in [0.3, 0.4) is 0 Å². The second-order valence-corrected chi connectivity index (χ2v) is 6.29. The second kappa shape index (κ2) is 8.94. The summed E-state index contributed by atoms with van der Waals surface area (Å²) in [6.07, 6.45) is 3.88. The zero-order valence-corrected chi connectivity index (χ0v) is 15.4. The van der Waals surface area contributed by atoms with Gasteiger partial charge >= 0.3 is 0 Å². The summed E-state index contributed by atoms with van der Waals surface area (Å²) in [7, 11) is 0. The van der Waals surface area contributed by atoms with E-state index >= 15 is 0 Å². The van der Waals surface area contributed by atoms with Crippen LogP contribution >= 0.6 is 0 Å². The molecule has 0 saturated carbocycles. The summed E-state index contributed by atoms with van der Waals surface area (Å²) in [5.74, 6) is -7.51. The fourth-order valence-electron chi connectivity index (χ4n) is 2.68.